The van der Waals surface area contributed by atoms with Gasteiger partial charge in [0.2, 0.25) is 6.10 Å². The van der Waals surface area contributed by atoms with E-state index in [4.69, 9.17) is 9.47 Å². The van der Waals surface area contributed by atoms with Crippen molar-refractivity contribution in [2.45, 2.75) is 20.0 Å². The van der Waals surface area contributed by atoms with Gasteiger partial charge in [-0.2, -0.15) is 5.26 Å². The number of nitriles is 1. The molecule has 0 amide bonds. The second-order valence-corrected chi connectivity index (χ2v) is 11.0. The smallest absolute Gasteiger partial charge is 0.311 e. The number of carbonyl (C=O) groups is 1. The van der Waals surface area contributed by atoms with Crippen LogP contribution >= 0.6 is 47.8 Å². The van der Waals surface area contributed by atoms with E-state index in [0.717, 1.165) is 7.86 Å². The van der Waals surface area contributed by atoms with Crippen LogP contribution in [0.1, 0.15) is 25.5 Å². The summed E-state index contributed by atoms with van der Waals surface area (Å²) < 4.78 is 13.2. The Labute approximate surface area is 195 Å². The summed E-state index contributed by atoms with van der Waals surface area (Å²) in [7, 11) is 0. The Morgan fingerprint density at radius 1 is 1.17 bits per heavy atom. The van der Waals surface area contributed by atoms with Gasteiger partial charge in [-0.1, -0.05) is 48.0 Å². The zero-order chi connectivity index (χ0) is 21.2. The van der Waals surface area contributed by atoms with Gasteiger partial charge in [-0.25, -0.2) is 0 Å². The van der Waals surface area contributed by atoms with Crippen molar-refractivity contribution in [1.29, 1.82) is 5.26 Å². The lowest BCUT2D eigenvalue weighted by Crippen LogP contribution is -2.14. The number of carbonyl (C=O) groups excluding carboxylic acids is 1. The predicted octanol–water partition coefficient (Wildman–Crippen LogP) is 7.25. The first-order valence-electron chi connectivity index (χ1n) is 8.88. The molecule has 2 aromatic rings. The molecular formula is C22H18Br3NO3. The molecule has 2 aromatic carbocycles. The van der Waals surface area contributed by atoms with Crippen LogP contribution in [0.5, 0.6) is 11.5 Å². The highest BCUT2D eigenvalue weighted by Gasteiger charge is 2.61. The Balaban J connectivity index is 1.72. The number of allylic oxidation sites excluding steroid dienone is 1. The fourth-order valence-electron chi connectivity index (χ4n) is 3.31. The van der Waals surface area contributed by atoms with Crippen LogP contribution in [0, 0.1) is 28.6 Å². The Kier molecular flexibility index (Phi) is 6.87. The van der Waals surface area contributed by atoms with Gasteiger partial charge in [-0.05, 0) is 79.6 Å². The van der Waals surface area contributed by atoms with Crippen molar-refractivity contribution in [3.63, 3.8) is 0 Å². The highest BCUT2D eigenvalue weighted by atomic mass is 79.9. The second kappa shape index (κ2) is 9.03. The van der Waals surface area contributed by atoms with Crippen LogP contribution in [0.3, 0.4) is 0 Å². The number of ether oxygens (including phenoxy) is 2. The molecule has 0 saturated heterocycles. The fourth-order valence-corrected chi connectivity index (χ4v) is 4.15. The number of halogens is 3. The largest absolute Gasteiger partial charge is 0.457 e. The Morgan fingerprint density at radius 3 is 2.48 bits per heavy atom. The van der Waals surface area contributed by atoms with Gasteiger partial charge in [0.05, 0.1) is 9.31 Å². The summed E-state index contributed by atoms with van der Waals surface area (Å²) in [5.74, 6) is 0.631. The van der Waals surface area contributed by atoms with Crippen molar-refractivity contribution in [1.82, 2.24) is 0 Å². The molecule has 0 aliphatic heterocycles. The number of hydrogen-bond acceptors (Lipinski definition) is 4. The summed E-state index contributed by atoms with van der Waals surface area (Å²) >= 11 is 10.1. The Hall–Kier alpha value is -1.62. The third kappa shape index (κ3) is 5.30. The number of nitrogens with zero attached hydrogens (tertiary/aromatic N) is 1. The molecule has 1 fully saturated rings. The van der Waals surface area contributed by atoms with Crippen LogP contribution in [0.15, 0.2) is 62.5 Å². The molecule has 1 unspecified atom stereocenters. The molecule has 1 aliphatic rings. The average Bonchev–Trinajstić information content (AvgIpc) is 3.21. The molecule has 0 bridgehead atoms. The maximum absolute atomic E-state index is 12.7. The van der Waals surface area contributed by atoms with Crippen LogP contribution in [0.4, 0.5) is 0 Å². The van der Waals surface area contributed by atoms with Gasteiger partial charge < -0.3 is 9.47 Å². The van der Waals surface area contributed by atoms with E-state index in [1.54, 1.807) is 24.3 Å². The van der Waals surface area contributed by atoms with Crippen LogP contribution in [0.25, 0.3) is 0 Å². The van der Waals surface area contributed by atoms with E-state index in [2.05, 4.69) is 53.9 Å². The molecule has 0 heterocycles. The van der Waals surface area contributed by atoms with Crippen LogP contribution in [-0.2, 0) is 9.53 Å². The van der Waals surface area contributed by atoms with Crippen molar-refractivity contribution >= 4 is 53.8 Å². The molecule has 0 N–H and O–H groups in total. The second-order valence-electron chi connectivity index (χ2n) is 7.36. The summed E-state index contributed by atoms with van der Waals surface area (Å²) in [5.41, 5.74) is 0.360. The Bertz CT molecular complexity index is 976. The fraction of sp³-hybridized carbons (Fsp3) is 0.273. The van der Waals surface area contributed by atoms with Crippen molar-refractivity contribution in [3.8, 4) is 17.6 Å². The van der Waals surface area contributed by atoms with Gasteiger partial charge in [0.25, 0.3) is 0 Å². The summed E-state index contributed by atoms with van der Waals surface area (Å²) in [6.07, 6.45) is 0.949. The minimum absolute atomic E-state index is 0.0511. The van der Waals surface area contributed by atoms with Crippen molar-refractivity contribution < 1.29 is 14.3 Å². The summed E-state index contributed by atoms with van der Waals surface area (Å²) in [6, 6.07) is 16.5. The minimum atomic E-state index is -0.996. The summed E-state index contributed by atoms with van der Waals surface area (Å²) in [6.45, 7) is 4.02. The standard InChI is InChI=1S/C22H18Br3NO3/c1-22(2)17(11-19(24)25)20(22)21(27)29-18(12-26)13-4-3-5-16(10-13)28-15-8-6-14(23)7-9-15/h3-11,17-18,20H,1-2H3/t17-,18?,20-/m0/s1. The van der Waals surface area contributed by atoms with Gasteiger partial charge in [0, 0.05) is 10.0 Å². The van der Waals surface area contributed by atoms with Gasteiger partial charge >= 0.3 is 5.97 Å². The third-order valence-corrected chi connectivity index (χ3v) is 6.09. The molecule has 1 aliphatic carbocycles. The molecule has 3 atom stereocenters. The van der Waals surface area contributed by atoms with E-state index < -0.39 is 6.10 Å². The van der Waals surface area contributed by atoms with Gasteiger partial charge in [-0.3, -0.25) is 4.79 Å². The Morgan fingerprint density at radius 2 is 1.86 bits per heavy atom. The molecule has 7 heteroatoms. The van der Waals surface area contributed by atoms with E-state index >= 15 is 0 Å². The van der Waals surface area contributed by atoms with Crippen molar-refractivity contribution in [2.75, 3.05) is 0 Å². The molecule has 29 heavy (non-hydrogen) atoms. The number of esters is 1. The molecule has 150 valence electrons. The van der Waals surface area contributed by atoms with Crippen molar-refractivity contribution in [3.05, 3.63) is 68.0 Å². The quantitative estimate of drug-likeness (QED) is 0.336. The lowest BCUT2D eigenvalue weighted by Gasteiger charge is -2.13. The highest BCUT2D eigenvalue weighted by Crippen LogP contribution is 2.60. The first-order valence-corrected chi connectivity index (χ1v) is 11.3. The van der Waals surface area contributed by atoms with E-state index in [9.17, 15) is 10.1 Å². The first-order chi connectivity index (χ1) is 13.7. The SMILES string of the molecule is CC1(C)[C@H](C(=O)OC(C#N)c2cccc(Oc3ccc(Br)cc3)c2)[C@@H]1C=C(Br)Br. The maximum Gasteiger partial charge on any atom is 0.311 e. The predicted molar refractivity (Wildman–Crippen MR) is 122 cm³/mol. The molecule has 0 radical (unpaired) electrons. The van der Waals surface area contributed by atoms with Gasteiger partial charge in [-0.15, -0.1) is 0 Å². The van der Waals surface area contributed by atoms with E-state index in [1.165, 1.54) is 0 Å². The van der Waals surface area contributed by atoms with Crippen molar-refractivity contribution in [2.24, 2.45) is 17.3 Å². The minimum Gasteiger partial charge on any atom is -0.457 e. The first kappa shape index (κ1) is 22.1. The molecule has 3 rings (SSSR count). The third-order valence-electron chi connectivity index (χ3n) is 5.03. The van der Waals surface area contributed by atoms with Crippen LogP contribution in [0.2, 0.25) is 0 Å². The summed E-state index contributed by atoms with van der Waals surface area (Å²) in [4.78, 5) is 12.7. The highest BCUT2D eigenvalue weighted by molar-refractivity contribution is 9.28. The number of benzene rings is 2. The molecule has 0 aromatic heterocycles. The lowest BCUT2D eigenvalue weighted by molar-refractivity contribution is -0.149. The van der Waals surface area contributed by atoms with Crippen LogP contribution < -0.4 is 4.74 Å². The monoisotopic (exact) mass is 581 g/mol. The zero-order valence-electron chi connectivity index (χ0n) is 15.7. The van der Waals surface area contributed by atoms with E-state index in [-0.39, 0.29) is 23.2 Å². The lowest BCUT2D eigenvalue weighted by atomic mass is 10.1. The van der Waals surface area contributed by atoms with Gasteiger partial charge in [0.1, 0.15) is 17.6 Å². The summed E-state index contributed by atoms with van der Waals surface area (Å²) in [5, 5.41) is 9.58. The normalized spacial score (nSPS) is 20.1. The molecule has 4 nitrogen and oxygen atoms in total. The molecular weight excluding hydrogens is 566 g/mol. The topological polar surface area (TPSA) is 59.3 Å². The molecule has 1 saturated carbocycles. The number of hydrogen-bond donors (Lipinski definition) is 0. The maximum atomic E-state index is 12.7. The molecule has 0 spiro atoms. The van der Waals surface area contributed by atoms with Gasteiger partial charge in [0.15, 0.2) is 0 Å². The number of rotatable bonds is 6. The van der Waals surface area contributed by atoms with Crippen LogP contribution in [-0.4, -0.2) is 5.97 Å². The zero-order valence-corrected chi connectivity index (χ0v) is 20.5. The van der Waals surface area contributed by atoms with E-state index in [1.807, 2.05) is 44.2 Å². The average molecular weight is 584 g/mol. The van der Waals surface area contributed by atoms with E-state index in [0.29, 0.717) is 17.1 Å².